The number of ether oxygens (including phenoxy) is 2. The smallest absolute Gasteiger partial charge is 0.412 e. The maximum atomic E-state index is 12.5. The van der Waals surface area contributed by atoms with Gasteiger partial charge in [-0.05, 0) is 54.8 Å². The quantitative estimate of drug-likeness (QED) is 0.184. The standard InChI is InChI=1S/C26H25N4O3PS2/c1-5-35-24-28-10-15-16-11-32-12-17(16)20(22(34)21(15)29-24)13-7-6-8-18-19(13)14(9-27)23(36-18)30-25(31)33-26(2,3)4/h6-8,10H,5,11-12,34H2,1-4H3,(H,30,31). The lowest BCUT2D eigenvalue weighted by Crippen LogP contribution is -2.27. The number of fused-ring (bicyclic) bond motifs is 4. The zero-order chi connectivity index (χ0) is 25.6. The van der Waals surface area contributed by atoms with Crippen LogP contribution in [0.3, 0.4) is 0 Å². The molecular formula is C26H25N4O3PS2. The number of anilines is 1. The Labute approximate surface area is 219 Å². The third kappa shape index (κ3) is 4.44. The average molecular weight is 537 g/mol. The topological polar surface area (TPSA) is 97.1 Å². The molecule has 1 amide bonds. The van der Waals surface area contributed by atoms with Crippen LogP contribution in [0.4, 0.5) is 9.80 Å². The molecule has 2 aromatic carbocycles. The van der Waals surface area contributed by atoms with Gasteiger partial charge in [-0.1, -0.05) is 30.8 Å². The largest absolute Gasteiger partial charge is 0.444 e. The number of nitrogens with zero attached hydrogens (tertiary/aromatic N) is 3. The van der Waals surface area contributed by atoms with E-state index in [-0.39, 0.29) is 0 Å². The normalized spacial score (nSPS) is 13.1. The number of nitrogens with one attached hydrogen (secondary N) is 1. The number of aromatic nitrogens is 2. The summed E-state index contributed by atoms with van der Waals surface area (Å²) in [6.45, 7) is 8.45. The van der Waals surface area contributed by atoms with Crippen LogP contribution in [0.25, 0.3) is 32.1 Å². The van der Waals surface area contributed by atoms with Crippen molar-refractivity contribution in [3.05, 3.63) is 41.1 Å². The molecule has 184 valence electrons. The van der Waals surface area contributed by atoms with Gasteiger partial charge in [0, 0.05) is 27.0 Å². The molecule has 1 aliphatic heterocycles. The molecule has 1 aliphatic rings. The fourth-order valence-electron chi connectivity index (χ4n) is 4.42. The van der Waals surface area contributed by atoms with E-state index in [0.717, 1.165) is 59.5 Å². The molecular weight excluding hydrogens is 511 g/mol. The molecule has 3 heterocycles. The van der Waals surface area contributed by atoms with Gasteiger partial charge in [0.1, 0.15) is 16.7 Å². The Morgan fingerprint density at radius 2 is 2.11 bits per heavy atom. The van der Waals surface area contributed by atoms with E-state index in [9.17, 15) is 10.1 Å². The summed E-state index contributed by atoms with van der Waals surface area (Å²) in [5.74, 6) is 0.881. The highest BCUT2D eigenvalue weighted by Gasteiger charge is 2.27. The highest BCUT2D eigenvalue weighted by atomic mass is 32.2. The molecule has 0 aliphatic carbocycles. The van der Waals surface area contributed by atoms with Gasteiger partial charge in [-0.2, -0.15) is 5.26 Å². The molecule has 1 atom stereocenters. The first kappa shape index (κ1) is 24.9. The third-order valence-electron chi connectivity index (χ3n) is 5.76. The van der Waals surface area contributed by atoms with Gasteiger partial charge in [0.2, 0.25) is 0 Å². The number of rotatable bonds is 4. The molecule has 10 heteroatoms. The van der Waals surface area contributed by atoms with E-state index >= 15 is 0 Å². The Hall–Kier alpha value is -2.76. The molecule has 0 saturated heterocycles. The van der Waals surface area contributed by atoms with E-state index in [1.807, 2.05) is 24.4 Å². The number of carbonyl (C=O) groups is 1. The van der Waals surface area contributed by atoms with Crippen LogP contribution in [0.5, 0.6) is 0 Å². The molecule has 36 heavy (non-hydrogen) atoms. The molecule has 0 saturated carbocycles. The van der Waals surface area contributed by atoms with Gasteiger partial charge in [0.05, 0.1) is 24.3 Å². The van der Waals surface area contributed by atoms with Crippen LogP contribution in [0.1, 0.15) is 44.4 Å². The maximum Gasteiger partial charge on any atom is 0.412 e. The van der Waals surface area contributed by atoms with Crippen LogP contribution >= 0.6 is 32.3 Å². The van der Waals surface area contributed by atoms with Gasteiger partial charge >= 0.3 is 6.09 Å². The number of hydrogen-bond donors (Lipinski definition) is 1. The first-order chi connectivity index (χ1) is 17.2. The second-order valence-electron chi connectivity index (χ2n) is 9.31. The number of thiophene rings is 1. The highest BCUT2D eigenvalue weighted by molar-refractivity contribution is 7.99. The molecule has 0 spiro atoms. The van der Waals surface area contributed by atoms with Crippen molar-refractivity contribution in [2.45, 2.75) is 51.7 Å². The van der Waals surface area contributed by atoms with Crippen LogP contribution in [0.2, 0.25) is 0 Å². The van der Waals surface area contributed by atoms with E-state index in [0.29, 0.717) is 23.8 Å². The van der Waals surface area contributed by atoms with Gasteiger partial charge in [-0.15, -0.1) is 20.6 Å². The van der Waals surface area contributed by atoms with E-state index in [4.69, 9.17) is 14.5 Å². The van der Waals surface area contributed by atoms with Crippen LogP contribution in [0, 0.1) is 11.3 Å². The van der Waals surface area contributed by atoms with Crippen molar-refractivity contribution >= 4 is 69.7 Å². The van der Waals surface area contributed by atoms with Crippen molar-refractivity contribution < 1.29 is 14.3 Å². The van der Waals surface area contributed by atoms with E-state index in [1.54, 1.807) is 32.5 Å². The average Bonchev–Trinajstić information content (AvgIpc) is 3.43. The Balaban J connectivity index is 1.74. The number of nitriles is 1. The lowest BCUT2D eigenvalue weighted by Gasteiger charge is -2.19. The second-order valence-corrected chi connectivity index (χ2v) is 12.2. The SMILES string of the molecule is CCSc1ncc2c3c(c(-c4cccc5sc(NC(=O)OC(C)(C)C)c(C#N)c45)c(P)c2n1)COC3. The number of carbonyl (C=O) groups excluding carboxylic acids is 1. The summed E-state index contributed by atoms with van der Waals surface area (Å²) in [5, 5.41) is 16.9. The molecule has 5 rings (SSSR count). The zero-order valence-corrected chi connectivity index (χ0v) is 23.2. The minimum absolute atomic E-state index is 0.415. The maximum absolute atomic E-state index is 12.5. The highest BCUT2D eigenvalue weighted by Crippen LogP contribution is 2.44. The Morgan fingerprint density at radius 3 is 2.83 bits per heavy atom. The van der Waals surface area contributed by atoms with Crippen molar-refractivity contribution in [3.63, 3.8) is 0 Å². The molecule has 0 fully saturated rings. The second kappa shape index (κ2) is 9.60. The summed E-state index contributed by atoms with van der Waals surface area (Å²) in [4.78, 5) is 21.9. The van der Waals surface area contributed by atoms with Crippen molar-refractivity contribution in [1.82, 2.24) is 9.97 Å². The summed E-state index contributed by atoms with van der Waals surface area (Å²) >= 11 is 2.96. The van der Waals surface area contributed by atoms with E-state index in [2.05, 4.69) is 32.5 Å². The minimum Gasteiger partial charge on any atom is -0.444 e. The lowest BCUT2D eigenvalue weighted by molar-refractivity contribution is 0.0636. The van der Waals surface area contributed by atoms with Crippen LogP contribution < -0.4 is 10.6 Å². The molecule has 2 aromatic heterocycles. The van der Waals surface area contributed by atoms with E-state index < -0.39 is 11.7 Å². The first-order valence-electron chi connectivity index (χ1n) is 11.5. The van der Waals surface area contributed by atoms with Gasteiger partial charge in [-0.3, -0.25) is 5.32 Å². The summed E-state index contributed by atoms with van der Waals surface area (Å²) in [5.41, 5.74) is 4.70. The first-order valence-corrected chi connectivity index (χ1v) is 13.9. The molecule has 1 unspecified atom stereocenters. The number of benzene rings is 2. The van der Waals surface area contributed by atoms with Crippen molar-refractivity contribution in [2.75, 3.05) is 11.1 Å². The zero-order valence-electron chi connectivity index (χ0n) is 20.4. The summed E-state index contributed by atoms with van der Waals surface area (Å²) in [6.07, 6.45) is 1.30. The summed E-state index contributed by atoms with van der Waals surface area (Å²) in [7, 11) is 2.86. The van der Waals surface area contributed by atoms with E-state index in [1.165, 1.54) is 11.3 Å². The molecule has 1 N–H and O–H groups in total. The number of hydrogen-bond acceptors (Lipinski definition) is 8. The molecule has 0 radical (unpaired) electrons. The van der Waals surface area contributed by atoms with Crippen LogP contribution in [-0.2, 0) is 22.7 Å². The molecule has 7 nitrogen and oxygen atoms in total. The predicted molar refractivity (Wildman–Crippen MR) is 149 cm³/mol. The summed E-state index contributed by atoms with van der Waals surface area (Å²) in [6, 6.07) is 8.27. The molecule has 4 aromatic rings. The van der Waals surface area contributed by atoms with Crippen LogP contribution in [-0.4, -0.2) is 27.4 Å². The van der Waals surface area contributed by atoms with Crippen LogP contribution in [0.15, 0.2) is 29.6 Å². The van der Waals surface area contributed by atoms with Crippen molar-refractivity contribution in [2.24, 2.45) is 0 Å². The lowest BCUT2D eigenvalue weighted by atomic mass is 9.91. The Morgan fingerprint density at radius 1 is 1.33 bits per heavy atom. The molecule has 0 bridgehead atoms. The fraction of sp³-hybridized carbons (Fsp3) is 0.308. The van der Waals surface area contributed by atoms with Crippen molar-refractivity contribution in [1.29, 1.82) is 5.26 Å². The van der Waals surface area contributed by atoms with Gasteiger partial charge in [-0.25, -0.2) is 14.8 Å². The predicted octanol–water partition coefficient (Wildman–Crippen LogP) is 6.37. The fourth-order valence-corrected chi connectivity index (χ4v) is 6.58. The van der Waals surface area contributed by atoms with Gasteiger partial charge < -0.3 is 9.47 Å². The monoisotopic (exact) mass is 536 g/mol. The van der Waals surface area contributed by atoms with Gasteiger partial charge in [0.15, 0.2) is 5.16 Å². The van der Waals surface area contributed by atoms with Crippen molar-refractivity contribution in [3.8, 4) is 17.2 Å². The number of thioether (sulfide) groups is 1. The minimum atomic E-state index is -0.643. The third-order valence-corrected chi connectivity index (χ3v) is 8.14. The number of amides is 1. The summed E-state index contributed by atoms with van der Waals surface area (Å²) < 4.78 is 12.2. The Kier molecular flexibility index (Phi) is 6.65. The Bertz CT molecular complexity index is 1570. The van der Waals surface area contributed by atoms with Gasteiger partial charge in [0.25, 0.3) is 0 Å².